The fourth-order valence-corrected chi connectivity index (χ4v) is 3.53. The summed E-state index contributed by atoms with van der Waals surface area (Å²) in [6.07, 6.45) is 3.40. The van der Waals surface area contributed by atoms with Gasteiger partial charge in [-0.25, -0.2) is 8.42 Å². The van der Waals surface area contributed by atoms with Crippen molar-refractivity contribution >= 4 is 15.9 Å². The van der Waals surface area contributed by atoms with E-state index in [0.717, 1.165) is 30.6 Å². The topological polar surface area (TPSA) is 75.7 Å². The molecule has 1 aromatic rings. The van der Waals surface area contributed by atoms with Crippen LogP contribution in [0.15, 0.2) is 24.3 Å². The van der Waals surface area contributed by atoms with Crippen molar-refractivity contribution in [3.63, 3.8) is 0 Å². The zero-order valence-corrected chi connectivity index (χ0v) is 15.1. The van der Waals surface area contributed by atoms with Gasteiger partial charge in [0.15, 0.2) is 0 Å². The third-order valence-corrected chi connectivity index (χ3v) is 5.30. The van der Waals surface area contributed by atoms with Gasteiger partial charge < -0.3 is 10.1 Å². The molecule has 0 aliphatic carbocycles. The average Bonchev–Trinajstić information content (AvgIpc) is 3.01. The van der Waals surface area contributed by atoms with E-state index in [9.17, 15) is 13.2 Å². The van der Waals surface area contributed by atoms with Crippen LogP contribution in [0.25, 0.3) is 0 Å². The lowest BCUT2D eigenvalue weighted by Gasteiger charge is -2.20. The first-order valence-corrected chi connectivity index (χ1v) is 10.1. The first-order chi connectivity index (χ1) is 11.3. The Bertz CT molecular complexity index is 654. The van der Waals surface area contributed by atoms with Crippen LogP contribution in [-0.4, -0.2) is 50.7 Å². The Morgan fingerprint density at radius 2 is 2.21 bits per heavy atom. The molecule has 7 heteroatoms. The minimum absolute atomic E-state index is 0.0901. The van der Waals surface area contributed by atoms with Crippen LogP contribution in [0.1, 0.15) is 30.4 Å². The van der Waals surface area contributed by atoms with E-state index >= 15 is 0 Å². The zero-order valence-electron chi connectivity index (χ0n) is 14.3. The molecule has 1 atom stereocenters. The van der Waals surface area contributed by atoms with Crippen LogP contribution in [-0.2, 0) is 26.1 Å². The number of hydrogen-bond donors (Lipinski definition) is 1. The molecule has 0 aromatic heterocycles. The Labute approximate surface area is 144 Å². The van der Waals surface area contributed by atoms with E-state index in [0.29, 0.717) is 6.54 Å². The molecule has 0 radical (unpaired) electrons. The highest BCUT2D eigenvalue weighted by Gasteiger charge is 2.20. The Kier molecular flexibility index (Phi) is 6.77. The summed E-state index contributed by atoms with van der Waals surface area (Å²) in [6.45, 7) is 3.66. The van der Waals surface area contributed by atoms with Gasteiger partial charge in [-0.05, 0) is 25.3 Å². The van der Waals surface area contributed by atoms with Crippen LogP contribution in [0.5, 0.6) is 0 Å². The molecular weight excluding hydrogens is 328 g/mol. The van der Waals surface area contributed by atoms with Gasteiger partial charge >= 0.3 is 0 Å². The van der Waals surface area contributed by atoms with Crippen molar-refractivity contribution in [2.75, 3.05) is 26.0 Å². The Hall–Kier alpha value is -1.44. The largest absolute Gasteiger partial charge is 0.376 e. The maximum atomic E-state index is 12.0. The van der Waals surface area contributed by atoms with Crippen LogP contribution in [0.3, 0.4) is 0 Å². The molecule has 24 heavy (non-hydrogen) atoms. The summed E-state index contributed by atoms with van der Waals surface area (Å²) in [5, 5.41) is 2.82. The van der Waals surface area contributed by atoms with Crippen molar-refractivity contribution in [2.45, 2.75) is 38.8 Å². The van der Waals surface area contributed by atoms with Gasteiger partial charge in [0.2, 0.25) is 15.9 Å². The van der Waals surface area contributed by atoms with E-state index in [-0.39, 0.29) is 31.5 Å². The third kappa shape index (κ3) is 6.22. The number of carbonyl (C=O) groups excluding carboxylic acids is 1. The highest BCUT2D eigenvalue weighted by Crippen LogP contribution is 2.12. The zero-order chi connectivity index (χ0) is 17.6. The summed E-state index contributed by atoms with van der Waals surface area (Å²) < 4.78 is 30.7. The number of nitrogens with zero attached hydrogens (tertiary/aromatic N) is 1. The number of ether oxygens (including phenoxy) is 1. The predicted molar refractivity (Wildman–Crippen MR) is 93.0 cm³/mol. The summed E-state index contributed by atoms with van der Waals surface area (Å²) in [5.74, 6) is -0.150. The van der Waals surface area contributed by atoms with Crippen molar-refractivity contribution in [1.29, 1.82) is 0 Å². The molecule has 1 fully saturated rings. The fourth-order valence-electron chi connectivity index (χ4n) is 2.72. The van der Waals surface area contributed by atoms with Crippen LogP contribution in [0.4, 0.5) is 0 Å². The van der Waals surface area contributed by atoms with Crippen molar-refractivity contribution in [3.05, 3.63) is 35.4 Å². The summed E-state index contributed by atoms with van der Waals surface area (Å²) >= 11 is 0. The molecule has 0 spiro atoms. The van der Waals surface area contributed by atoms with Gasteiger partial charge in [0.05, 0.1) is 12.4 Å². The fraction of sp³-hybridized carbons (Fsp3) is 0.588. The lowest BCUT2D eigenvalue weighted by molar-refractivity contribution is -0.121. The minimum Gasteiger partial charge on any atom is -0.376 e. The molecule has 0 saturated carbocycles. The monoisotopic (exact) mass is 354 g/mol. The first kappa shape index (κ1) is 18.9. The van der Waals surface area contributed by atoms with Gasteiger partial charge in [0.1, 0.15) is 0 Å². The molecule has 1 aliphatic heterocycles. The Morgan fingerprint density at radius 3 is 2.83 bits per heavy atom. The molecule has 2 rings (SSSR count). The summed E-state index contributed by atoms with van der Waals surface area (Å²) in [5.41, 5.74) is 2.00. The van der Waals surface area contributed by atoms with Gasteiger partial charge in [-0.3, -0.25) is 4.79 Å². The second kappa shape index (κ2) is 8.60. The number of rotatable bonds is 8. The second-order valence-electron chi connectivity index (χ2n) is 6.27. The number of amides is 1. The molecule has 134 valence electrons. The van der Waals surface area contributed by atoms with E-state index in [2.05, 4.69) is 5.32 Å². The van der Waals surface area contributed by atoms with Crippen molar-refractivity contribution in [3.8, 4) is 0 Å². The van der Waals surface area contributed by atoms with Crippen LogP contribution < -0.4 is 5.32 Å². The molecule has 1 aromatic carbocycles. The van der Waals surface area contributed by atoms with Crippen LogP contribution in [0.2, 0.25) is 0 Å². The molecule has 1 amide bonds. The smallest absolute Gasteiger partial charge is 0.221 e. The molecule has 1 saturated heterocycles. The molecule has 6 nitrogen and oxygen atoms in total. The normalized spacial score (nSPS) is 18.0. The summed E-state index contributed by atoms with van der Waals surface area (Å²) in [4.78, 5) is 11.9. The van der Waals surface area contributed by atoms with E-state index in [1.807, 2.05) is 31.2 Å². The molecule has 0 bridgehead atoms. The molecule has 1 N–H and O–H groups in total. The first-order valence-electron chi connectivity index (χ1n) is 8.23. The lowest BCUT2D eigenvalue weighted by Crippen LogP contribution is -2.36. The number of aryl methyl sites for hydroxylation is 1. The second-order valence-corrected chi connectivity index (χ2v) is 8.26. The Balaban J connectivity index is 1.85. The number of nitrogens with one attached hydrogen (secondary N) is 1. The standard InChI is InChI=1S/C17H26N2O4S/c1-14-5-3-6-15(11-14)13-19(24(2,21)22)9-8-17(20)18-12-16-7-4-10-23-16/h3,5-6,11,16H,4,7-10,12-13H2,1-2H3,(H,18,20). The highest BCUT2D eigenvalue weighted by atomic mass is 32.2. The van der Waals surface area contributed by atoms with Gasteiger partial charge in [0, 0.05) is 32.7 Å². The minimum atomic E-state index is -3.37. The maximum absolute atomic E-state index is 12.0. The van der Waals surface area contributed by atoms with E-state index in [1.54, 1.807) is 0 Å². The van der Waals surface area contributed by atoms with Crippen LogP contribution in [0, 0.1) is 6.92 Å². The van der Waals surface area contributed by atoms with Gasteiger partial charge in [-0.2, -0.15) is 4.31 Å². The van der Waals surface area contributed by atoms with Gasteiger partial charge in [-0.15, -0.1) is 0 Å². The number of hydrogen-bond acceptors (Lipinski definition) is 4. The van der Waals surface area contributed by atoms with Crippen molar-refractivity contribution < 1.29 is 17.9 Å². The van der Waals surface area contributed by atoms with Crippen LogP contribution >= 0.6 is 0 Å². The summed E-state index contributed by atoms with van der Waals surface area (Å²) in [7, 11) is -3.37. The number of sulfonamides is 1. The molecule has 1 heterocycles. The number of carbonyl (C=O) groups is 1. The van der Waals surface area contributed by atoms with E-state index in [1.165, 1.54) is 10.6 Å². The maximum Gasteiger partial charge on any atom is 0.221 e. The third-order valence-electron chi connectivity index (χ3n) is 4.05. The van der Waals surface area contributed by atoms with E-state index < -0.39 is 10.0 Å². The average molecular weight is 354 g/mol. The predicted octanol–water partition coefficient (Wildman–Crippen LogP) is 1.44. The van der Waals surface area contributed by atoms with Gasteiger partial charge in [-0.1, -0.05) is 29.8 Å². The molecule has 1 aliphatic rings. The van der Waals surface area contributed by atoms with E-state index in [4.69, 9.17) is 4.74 Å². The summed E-state index contributed by atoms with van der Waals surface area (Å²) in [6, 6.07) is 7.71. The quantitative estimate of drug-likeness (QED) is 0.766. The SMILES string of the molecule is Cc1cccc(CN(CCC(=O)NCC2CCCO2)S(C)(=O)=O)c1. The molecular formula is C17H26N2O4S. The molecule has 1 unspecified atom stereocenters. The number of benzene rings is 1. The lowest BCUT2D eigenvalue weighted by atomic mass is 10.1. The van der Waals surface area contributed by atoms with Gasteiger partial charge in [0.25, 0.3) is 0 Å². The van der Waals surface area contributed by atoms with Crippen molar-refractivity contribution in [1.82, 2.24) is 9.62 Å². The van der Waals surface area contributed by atoms with Crippen molar-refractivity contribution in [2.24, 2.45) is 0 Å². The Morgan fingerprint density at radius 1 is 1.42 bits per heavy atom. The highest BCUT2D eigenvalue weighted by molar-refractivity contribution is 7.88.